The van der Waals surface area contributed by atoms with Gasteiger partial charge in [0.05, 0.1) is 11.5 Å². The van der Waals surface area contributed by atoms with Crippen molar-refractivity contribution in [3.63, 3.8) is 0 Å². The number of amides is 1. The van der Waals surface area contributed by atoms with Gasteiger partial charge in [-0.1, -0.05) is 41.6 Å². The minimum absolute atomic E-state index is 0.0562. The van der Waals surface area contributed by atoms with Crippen molar-refractivity contribution in [2.24, 2.45) is 0 Å². The SMILES string of the molecule is Cc1noc(C2CN(C(=O)c3cccc4c3OCCO4)CC2c2ccccc2)n1. The first-order chi connectivity index (χ1) is 14.2. The number of carbonyl (C=O) groups is 1. The Morgan fingerprint density at radius 3 is 2.59 bits per heavy atom. The number of ether oxygens (including phenoxy) is 2. The van der Waals surface area contributed by atoms with Crippen LogP contribution in [0.15, 0.2) is 53.1 Å². The van der Waals surface area contributed by atoms with E-state index in [4.69, 9.17) is 14.0 Å². The summed E-state index contributed by atoms with van der Waals surface area (Å²) >= 11 is 0. The van der Waals surface area contributed by atoms with Gasteiger partial charge in [0.25, 0.3) is 5.91 Å². The van der Waals surface area contributed by atoms with Gasteiger partial charge in [-0.3, -0.25) is 4.79 Å². The number of rotatable bonds is 3. The average molecular weight is 391 g/mol. The van der Waals surface area contributed by atoms with Crippen molar-refractivity contribution >= 4 is 5.91 Å². The van der Waals surface area contributed by atoms with Crippen molar-refractivity contribution in [2.45, 2.75) is 18.8 Å². The van der Waals surface area contributed by atoms with E-state index in [0.717, 1.165) is 5.56 Å². The minimum Gasteiger partial charge on any atom is -0.486 e. The molecular weight excluding hydrogens is 370 g/mol. The second-order valence-corrected chi connectivity index (χ2v) is 7.34. The summed E-state index contributed by atoms with van der Waals surface area (Å²) in [5.74, 6) is 2.26. The number of aryl methyl sites for hydroxylation is 1. The van der Waals surface area contributed by atoms with E-state index in [-0.39, 0.29) is 17.7 Å². The van der Waals surface area contributed by atoms with Crippen LogP contribution in [0.1, 0.15) is 39.5 Å². The van der Waals surface area contributed by atoms with Gasteiger partial charge in [-0.25, -0.2) is 0 Å². The summed E-state index contributed by atoms with van der Waals surface area (Å²) in [5, 5.41) is 3.95. The van der Waals surface area contributed by atoms with Crippen LogP contribution in [0.25, 0.3) is 0 Å². The molecule has 3 heterocycles. The van der Waals surface area contributed by atoms with Gasteiger partial charge >= 0.3 is 0 Å². The van der Waals surface area contributed by atoms with Crippen LogP contribution in [0.3, 0.4) is 0 Å². The molecule has 0 saturated carbocycles. The second-order valence-electron chi connectivity index (χ2n) is 7.34. The van der Waals surface area contributed by atoms with Crippen molar-refractivity contribution in [3.8, 4) is 11.5 Å². The molecule has 2 aliphatic rings. The van der Waals surface area contributed by atoms with Gasteiger partial charge < -0.3 is 18.9 Å². The molecule has 2 unspecified atom stereocenters. The number of nitrogens with zero attached hydrogens (tertiary/aromatic N) is 3. The van der Waals surface area contributed by atoms with Crippen molar-refractivity contribution in [2.75, 3.05) is 26.3 Å². The highest BCUT2D eigenvalue weighted by atomic mass is 16.6. The molecule has 0 aliphatic carbocycles. The first-order valence-corrected chi connectivity index (χ1v) is 9.74. The Kier molecular flexibility index (Phi) is 4.42. The first kappa shape index (κ1) is 17.7. The Hall–Kier alpha value is -3.35. The van der Waals surface area contributed by atoms with Gasteiger partial charge in [-0.05, 0) is 24.6 Å². The van der Waals surface area contributed by atoms with Crippen molar-refractivity contribution in [1.29, 1.82) is 0 Å². The highest BCUT2D eigenvalue weighted by Gasteiger charge is 2.41. The van der Waals surface area contributed by atoms with Crippen molar-refractivity contribution in [1.82, 2.24) is 15.0 Å². The molecule has 0 bridgehead atoms. The number of hydrogen-bond donors (Lipinski definition) is 0. The van der Waals surface area contributed by atoms with Crippen LogP contribution in [0.5, 0.6) is 11.5 Å². The molecule has 29 heavy (non-hydrogen) atoms. The Morgan fingerprint density at radius 1 is 1.00 bits per heavy atom. The van der Waals surface area contributed by atoms with Crippen LogP contribution in [0, 0.1) is 6.92 Å². The molecule has 1 saturated heterocycles. The smallest absolute Gasteiger partial charge is 0.257 e. The monoisotopic (exact) mass is 391 g/mol. The number of likely N-dealkylation sites (tertiary alicyclic amines) is 1. The minimum atomic E-state index is -0.0768. The Bertz CT molecular complexity index is 1030. The molecule has 0 radical (unpaired) electrons. The first-order valence-electron chi connectivity index (χ1n) is 9.74. The molecule has 1 aromatic heterocycles. The zero-order chi connectivity index (χ0) is 19.8. The number of fused-ring (bicyclic) bond motifs is 1. The third-order valence-electron chi connectivity index (χ3n) is 5.49. The number of carbonyl (C=O) groups excluding carboxylic acids is 1. The fourth-order valence-electron chi connectivity index (χ4n) is 4.13. The Balaban J connectivity index is 1.48. The molecule has 5 rings (SSSR count). The molecule has 148 valence electrons. The lowest BCUT2D eigenvalue weighted by molar-refractivity contribution is 0.0777. The van der Waals surface area contributed by atoms with Crippen LogP contribution in [0.4, 0.5) is 0 Å². The molecule has 2 atom stereocenters. The van der Waals surface area contributed by atoms with E-state index in [1.807, 2.05) is 35.2 Å². The molecule has 2 aliphatic heterocycles. The van der Waals surface area contributed by atoms with Crippen LogP contribution >= 0.6 is 0 Å². The molecule has 1 fully saturated rings. The average Bonchev–Trinajstić information content (AvgIpc) is 3.40. The van der Waals surface area contributed by atoms with Gasteiger partial charge in [0.1, 0.15) is 13.2 Å². The van der Waals surface area contributed by atoms with E-state index in [0.29, 0.717) is 55.1 Å². The maximum Gasteiger partial charge on any atom is 0.257 e. The van der Waals surface area contributed by atoms with Gasteiger partial charge in [0, 0.05) is 19.0 Å². The number of aromatic nitrogens is 2. The van der Waals surface area contributed by atoms with Crippen LogP contribution in [0.2, 0.25) is 0 Å². The maximum atomic E-state index is 13.4. The fraction of sp³-hybridized carbons (Fsp3) is 0.318. The van der Waals surface area contributed by atoms with Gasteiger partial charge in [0.2, 0.25) is 5.89 Å². The third kappa shape index (κ3) is 3.22. The number of para-hydroxylation sites is 1. The standard InChI is InChI=1S/C22H21N3O4/c1-14-23-21(29-24-14)18-13-25(12-17(18)15-6-3-2-4-7-15)22(26)16-8-5-9-19-20(16)28-11-10-27-19/h2-9,17-18H,10-13H2,1H3. The highest BCUT2D eigenvalue weighted by Crippen LogP contribution is 2.41. The summed E-state index contributed by atoms with van der Waals surface area (Å²) < 4.78 is 16.9. The quantitative estimate of drug-likeness (QED) is 0.682. The largest absolute Gasteiger partial charge is 0.486 e. The van der Waals surface area contributed by atoms with E-state index in [9.17, 15) is 4.79 Å². The lowest BCUT2D eigenvalue weighted by atomic mass is 9.89. The van der Waals surface area contributed by atoms with Crippen molar-refractivity contribution < 1.29 is 18.8 Å². The van der Waals surface area contributed by atoms with Gasteiger partial charge in [-0.2, -0.15) is 4.98 Å². The predicted molar refractivity (Wildman–Crippen MR) is 104 cm³/mol. The Labute approximate surface area is 168 Å². The number of hydrogen-bond acceptors (Lipinski definition) is 6. The second kappa shape index (κ2) is 7.24. The zero-order valence-electron chi connectivity index (χ0n) is 16.1. The molecule has 7 nitrogen and oxygen atoms in total. The molecule has 0 spiro atoms. The van der Waals surface area contributed by atoms with Gasteiger partial charge in [-0.15, -0.1) is 0 Å². The Morgan fingerprint density at radius 2 is 1.79 bits per heavy atom. The predicted octanol–water partition coefficient (Wildman–Crippen LogP) is 3.17. The summed E-state index contributed by atoms with van der Waals surface area (Å²) in [6.07, 6.45) is 0. The van der Waals surface area contributed by atoms with E-state index in [1.165, 1.54) is 0 Å². The molecular formula is C22H21N3O4. The van der Waals surface area contributed by atoms with Crippen molar-refractivity contribution in [3.05, 3.63) is 71.4 Å². The van der Waals surface area contributed by atoms with Crippen LogP contribution in [-0.4, -0.2) is 47.3 Å². The third-order valence-corrected chi connectivity index (χ3v) is 5.49. The van der Waals surface area contributed by atoms with E-state index in [2.05, 4.69) is 22.3 Å². The summed E-state index contributed by atoms with van der Waals surface area (Å²) in [6.45, 7) is 3.80. The topological polar surface area (TPSA) is 77.7 Å². The normalized spacial score (nSPS) is 20.7. The molecule has 7 heteroatoms. The highest BCUT2D eigenvalue weighted by molar-refractivity contribution is 5.98. The molecule has 1 amide bonds. The summed E-state index contributed by atoms with van der Waals surface area (Å²) in [4.78, 5) is 19.7. The van der Waals surface area contributed by atoms with E-state index >= 15 is 0 Å². The number of benzene rings is 2. The van der Waals surface area contributed by atoms with E-state index < -0.39 is 0 Å². The maximum absolute atomic E-state index is 13.4. The molecule has 2 aromatic carbocycles. The summed E-state index contributed by atoms with van der Waals surface area (Å²) in [7, 11) is 0. The lowest BCUT2D eigenvalue weighted by Crippen LogP contribution is -2.30. The van der Waals surface area contributed by atoms with E-state index in [1.54, 1.807) is 13.0 Å². The van der Waals surface area contributed by atoms with Gasteiger partial charge in [0.15, 0.2) is 17.3 Å². The zero-order valence-corrected chi connectivity index (χ0v) is 16.1. The lowest BCUT2D eigenvalue weighted by Gasteiger charge is -2.23. The summed E-state index contributed by atoms with van der Waals surface area (Å²) in [6, 6.07) is 15.6. The van der Waals surface area contributed by atoms with Crippen LogP contribution < -0.4 is 9.47 Å². The van der Waals surface area contributed by atoms with Crippen LogP contribution in [-0.2, 0) is 0 Å². The fourth-order valence-corrected chi connectivity index (χ4v) is 4.13. The molecule has 3 aromatic rings. The molecule has 0 N–H and O–H groups in total. The summed E-state index contributed by atoms with van der Waals surface area (Å²) in [5.41, 5.74) is 1.68.